The van der Waals surface area contributed by atoms with Crippen molar-refractivity contribution in [1.29, 1.82) is 0 Å². The van der Waals surface area contributed by atoms with Crippen LogP contribution in [0.5, 0.6) is 11.5 Å². The molecular formula is C10H16N2O3. The number of hydrogen-bond donors (Lipinski definition) is 1. The van der Waals surface area contributed by atoms with Crippen LogP contribution in [0.3, 0.4) is 0 Å². The smallest absolute Gasteiger partial charge is 0.183 e. The number of nitrogens with one attached hydrogen (secondary N) is 1. The molecule has 0 bridgehead atoms. The van der Waals surface area contributed by atoms with Crippen LogP contribution in [0.25, 0.3) is 0 Å². The molecule has 0 aromatic carbocycles. The largest absolute Gasteiger partial charge is 0.493 e. The Morgan fingerprint density at radius 1 is 1.33 bits per heavy atom. The van der Waals surface area contributed by atoms with E-state index in [9.17, 15) is 0 Å². The molecule has 15 heavy (non-hydrogen) atoms. The maximum atomic E-state index is 5.21. The van der Waals surface area contributed by atoms with E-state index in [4.69, 9.17) is 14.3 Å². The molecule has 0 unspecified atom stereocenters. The van der Waals surface area contributed by atoms with Crippen molar-refractivity contribution in [1.82, 2.24) is 10.5 Å². The predicted molar refractivity (Wildman–Crippen MR) is 55.8 cm³/mol. The number of nitrogens with zero attached hydrogens (tertiary/aromatic N) is 1. The van der Waals surface area contributed by atoms with Gasteiger partial charge in [-0.15, -0.1) is 0 Å². The maximum Gasteiger partial charge on any atom is 0.183 e. The summed E-state index contributed by atoms with van der Waals surface area (Å²) in [5, 5.41) is 0. The van der Waals surface area contributed by atoms with Gasteiger partial charge in [0.2, 0.25) is 0 Å². The zero-order valence-electron chi connectivity index (χ0n) is 9.24. The Kier molecular flexibility index (Phi) is 4.86. The van der Waals surface area contributed by atoms with Crippen molar-refractivity contribution >= 4 is 0 Å². The van der Waals surface area contributed by atoms with E-state index in [1.165, 1.54) is 0 Å². The van der Waals surface area contributed by atoms with E-state index in [-0.39, 0.29) is 0 Å². The second-order valence-electron chi connectivity index (χ2n) is 2.75. The summed E-state index contributed by atoms with van der Waals surface area (Å²) in [6.45, 7) is 2.99. The molecule has 84 valence electrons. The first-order valence-corrected chi connectivity index (χ1v) is 4.74. The summed E-state index contributed by atoms with van der Waals surface area (Å²) in [5.74, 6) is 1.30. The second-order valence-corrected chi connectivity index (χ2v) is 2.75. The molecule has 1 N–H and O–H groups in total. The molecule has 0 aliphatic carbocycles. The molecule has 0 saturated carbocycles. The minimum absolute atomic E-state index is 0.480. The van der Waals surface area contributed by atoms with Gasteiger partial charge in [0, 0.05) is 12.3 Å². The molecule has 1 rings (SSSR count). The molecule has 0 fully saturated rings. The summed E-state index contributed by atoms with van der Waals surface area (Å²) in [5.41, 5.74) is 3.53. The Balaban J connectivity index is 2.76. The number of hydroxylamine groups is 1. The van der Waals surface area contributed by atoms with E-state index in [1.54, 1.807) is 26.5 Å². The quantitative estimate of drug-likeness (QED) is 0.566. The van der Waals surface area contributed by atoms with Gasteiger partial charge in [0.15, 0.2) is 11.5 Å². The van der Waals surface area contributed by atoms with Crippen LogP contribution >= 0.6 is 0 Å². The molecule has 0 amide bonds. The van der Waals surface area contributed by atoms with Gasteiger partial charge in [-0.25, -0.2) is 0 Å². The average Bonchev–Trinajstić information content (AvgIpc) is 2.29. The van der Waals surface area contributed by atoms with Crippen molar-refractivity contribution in [3.8, 4) is 11.5 Å². The third kappa shape index (κ3) is 3.07. The van der Waals surface area contributed by atoms with Crippen LogP contribution in [0.2, 0.25) is 0 Å². The van der Waals surface area contributed by atoms with Crippen LogP contribution in [0.15, 0.2) is 12.3 Å². The number of aromatic nitrogens is 1. The topological polar surface area (TPSA) is 52.6 Å². The summed E-state index contributed by atoms with van der Waals surface area (Å²) in [6.07, 6.45) is 1.67. The van der Waals surface area contributed by atoms with E-state index in [2.05, 4.69) is 10.5 Å². The fourth-order valence-corrected chi connectivity index (χ4v) is 1.20. The van der Waals surface area contributed by atoms with Gasteiger partial charge in [-0.3, -0.25) is 4.98 Å². The Labute approximate surface area is 89.3 Å². The van der Waals surface area contributed by atoms with Crippen LogP contribution in [0, 0.1) is 0 Å². The molecule has 0 spiro atoms. The predicted octanol–water partition coefficient (Wildman–Crippen LogP) is 1.14. The van der Waals surface area contributed by atoms with Crippen molar-refractivity contribution in [2.75, 3.05) is 20.8 Å². The Morgan fingerprint density at radius 3 is 2.73 bits per heavy atom. The minimum atomic E-state index is 0.480. The average molecular weight is 212 g/mol. The first-order chi connectivity index (χ1) is 7.33. The first kappa shape index (κ1) is 11.7. The van der Waals surface area contributed by atoms with Gasteiger partial charge in [-0.1, -0.05) is 0 Å². The van der Waals surface area contributed by atoms with Crippen LogP contribution in [0.4, 0.5) is 0 Å². The molecule has 1 heterocycles. The standard InChI is InChI=1S/C10H16N2O3/c1-4-15-12-7-8-10(14-3)9(13-2)5-6-11-8/h5-6,12H,4,7H2,1-3H3. The molecule has 0 aliphatic heterocycles. The highest BCUT2D eigenvalue weighted by molar-refractivity contribution is 5.42. The zero-order valence-corrected chi connectivity index (χ0v) is 9.24. The summed E-state index contributed by atoms with van der Waals surface area (Å²) in [6, 6.07) is 1.75. The van der Waals surface area contributed by atoms with Crippen LogP contribution in [-0.2, 0) is 11.4 Å². The normalized spacial score (nSPS) is 10.1. The zero-order chi connectivity index (χ0) is 11.1. The van der Waals surface area contributed by atoms with Gasteiger partial charge in [-0.2, -0.15) is 5.48 Å². The summed E-state index contributed by atoms with van der Waals surface area (Å²) in [4.78, 5) is 9.21. The Morgan fingerprint density at radius 2 is 2.13 bits per heavy atom. The number of ether oxygens (including phenoxy) is 2. The highest BCUT2D eigenvalue weighted by atomic mass is 16.6. The van der Waals surface area contributed by atoms with Gasteiger partial charge >= 0.3 is 0 Å². The second kappa shape index (κ2) is 6.21. The van der Waals surface area contributed by atoms with Gasteiger partial charge < -0.3 is 14.3 Å². The lowest BCUT2D eigenvalue weighted by Gasteiger charge is -2.11. The fourth-order valence-electron chi connectivity index (χ4n) is 1.20. The van der Waals surface area contributed by atoms with Crippen molar-refractivity contribution in [3.05, 3.63) is 18.0 Å². The summed E-state index contributed by atoms with van der Waals surface area (Å²) < 4.78 is 10.4. The molecule has 1 aromatic heterocycles. The third-order valence-electron chi connectivity index (χ3n) is 1.85. The number of rotatable bonds is 6. The van der Waals surface area contributed by atoms with Crippen molar-refractivity contribution in [2.24, 2.45) is 0 Å². The SMILES string of the molecule is CCONCc1nccc(OC)c1OC. The molecule has 1 aromatic rings. The highest BCUT2D eigenvalue weighted by Gasteiger charge is 2.10. The van der Waals surface area contributed by atoms with Crippen LogP contribution < -0.4 is 15.0 Å². The van der Waals surface area contributed by atoms with Gasteiger partial charge in [0.25, 0.3) is 0 Å². The summed E-state index contributed by atoms with van der Waals surface area (Å²) in [7, 11) is 3.18. The monoisotopic (exact) mass is 212 g/mol. The molecule has 0 atom stereocenters. The number of methoxy groups -OCH3 is 2. The molecule has 5 heteroatoms. The molecule has 0 aliphatic rings. The van der Waals surface area contributed by atoms with Gasteiger partial charge in [0.1, 0.15) is 5.69 Å². The molecule has 0 radical (unpaired) electrons. The van der Waals surface area contributed by atoms with E-state index in [1.807, 2.05) is 6.92 Å². The number of hydrogen-bond acceptors (Lipinski definition) is 5. The maximum absolute atomic E-state index is 5.21. The molecule has 5 nitrogen and oxygen atoms in total. The minimum Gasteiger partial charge on any atom is -0.493 e. The van der Waals surface area contributed by atoms with E-state index in [0.29, 0.717) is 24.7 Å². The van der Waals surface area contributed by atoms with Crippen LogP contribution in [0.1, 0.15) is 12.6 Å². The fraction of sp³-hybridized carbons (Fsp3) is 0.500. The van der Waals surface area contributed by atoms with E-state index >= 15 is 0 Å². The van der Waals surface area contributed by atoms with Crippen LogP contribution in [-0.4, -0.2) is 25.8 Å². The lowest BCUT2D eigenvalue weighted by Crippen LogP contribution is -2.15. The van der Waals surface area contributed by atoms with E-state index < -0.39 is 0 Å². The molecule has 0 saturated heterocycles. The third-order valence-corrected chi connectivity index (χ3v) is 1.85. The molecular weight excluding hydrogens is 196 g/mol. The van der Waals surface area contributed by atoms with E-state index in [0.717, 1.165) is 5.69 Å². The van der Waals surface area contributed by atoms with Gasteiger partial charge in [0.05, 0.1) is 27.4 Å². The number of pyridine rings is 1. The van der Waals surface area contributed by atoms with Crippen molar-refractivity contribution < 1.29 is 14.3 Å². The summed E-state index contributed by atoms with van der Waals surface area (Å²) >= 11 is 0. The highest BCUT2D eigenvalue weighted by Crippen LogP contribution is 2.28. The lowest BCUT2D eigenvalue weighted by molar-refractivity contribution is 0.0451. The van der Waals surface area contributed by atoms with Crippen molar-refractivity contribution in [2.45, 2.75) is 13.5 Å². The first-order valence-electron chi connectivity index (χ1n) is 4.74. The Bertz CT molecular complexity index is 305. The Hall–Kier alpha value is -1.33. The van der Waals surface area contributed by atoms with Crippen molar-refractivity contribution in [3.63, 3.8) is 0 Å². The van der Waals surface area contributed by atoms with Gasteiger partial charge in [-0.05, 0) is 6.92 Å². The lowest BCUT2D eigenvalue weighted by atomic mass is 10.3.